The topological polar surface area (TPSA) is 73.8 Å². The van der Waals surface area contributed by atoms with Crippen molar-refractivity contribution in [3.63, 3.8) is 0 Å². The molecule has 6 nitrogen and oxygen atoms in total. The summed E-state index contributed by atoms with van der Waals surface area (Å²) < 4.78 is 20.4. The van der Waals surface area contributed by atoms with Gasteiger partial charge in [0.05, 0.1) is 5.60 Å². The normalized spacial score (nSPS) is 25.8. The van der Waals surface area contributed by atoms with Crippen LogP contribution in [0.2, 0.25) is 0 Å². The Labute approximate surface area is 139 Å². The molecule has 1 atom stereocenters. The number of carbonyl (C=O) groups is 1. The summed E-state index contributed by atoms with van der Waals surface area (Å²) in [7, 11) is 0. The van der Waals surface area contributed by atoms with E-state index < -0.39 is 5.91 Å². The van der Waals surface area contributed by atoms with Gasteiger partial charge < -0.3 is 10.1 Å². The number of hydrogen-bond donors (Lipinski definition) is 3. The predicted octanol–water partition coefficient (Wildman–Crippen LogP) is 0.824. The largest absolute Gasteiger partial charge is 0.372 e. The van der Waals surface area contributed by atoms with E-state index in [0.717, 1.165) is 44.6 Å². The Kier molecular flexibility index (Phi) is 4.04. The van der Waals surface area contributed by atoms with E-state index in [4.69, 9.17) is 9.94 Å². The Morgan fingerprint density at radius 3 is 3.00 bits per heavy atom. The van der Waals surface area contributed by atoms with E-state index in [0.29, 0.717) is 24.6 Å². The van der Waals surface area contributed by atoms with Gasteiger partial charge in [-0.2, -0.15) is 0 Å². The summed E-state index contributed by atoms with van der Waals surface area (Å²) in [6, 6.07) is 3.30. The highest BCUT2D eigenvalue weighted by Crippen LogP contribution is 2.34. The number of fused-ring (bicyclic) bond motifs is 1. The van der Waals surface area contributed by atoms with Crippen LogP contribution in [0.25, 0.3) is 0 Å². The van der Waals surface area contributed by atoms with Gasteiger partial charge in [-0.25, -0.2) is 9.87 Å². The first-order chi connectivity index (χ1) is 11.6. The standard InChI is InChI=1S/C17H22FN3O3/c18-15-6-12(16(22)20-23)5-11-1-3-21(8-14(11)15)13-2-4-24-17(7-13)9-19-10-17/h5-6,13,19,23H,1-4,7-10H2,(H,20,22)/t13-/m1/s1. The average molecular weight is 335 g/mol. The molecule has 3 heterocycles. The highest BCUT2D eigenvalue weighted by atomic mass is 19.1. The molecule has 0 bridgehead atoms. The quantitative estimate of drug-likeness (QED) is 0.551. The first-order valence-electron chi connectivity index (χ1n) is 8.45. The molecule has 2 saturated heterocycles. The third-order valence-corrected chi connectivity index (χ3v) is 5.56. The van der Waals surface area contributed by atoms with Gasteiger partial charge in [0, 0.05) is 50.0 Å². The molecule has 1 amide bonds. The lowest BCUT2D eigenvalue weighted by Gasteiger charge is -2.50. The summed E-state index contributed by atoms with van der Waals surface area (Å²) in [5.74, 6) is -1.05. The molecule has 2 fully saturated rings. The maximum absolute atomic E-state index is 14.5. The maximum Gasteiger partial charge on any atom is 0.274 e. The molecule has 1 spiro atoms. The smallest absolute Gasteiger partial charge is 0.274 e. The number of nitrogens with one attached hydrogen (secondary N) is 2. The van der Waals surface area contributed by atoms with E-state index in [1.165, 1.54) is 6.07 Å². The van der Waals surface area contributed by atoms with E-state index in [1.807, 2.05) is 0 Å². The molecular formula is C17H22FN3O3. The molecule has 7 heteroatoms. The van der Waals surface area contributed by atoms with E-state index in [9.17, 15) is 9.18 Å². The second kappa shape index (κ2) is 6.07. The van der Waals surface area contributed by atoms with Crippen LogP contribution in [0.1, 0.15) is 34.3 Å². The summed E-state index contributed by atoms with van der Waals surface area (Å²) in [4.78, 5) is 13.9. The molecule has 130 valence electrons. The number of rotatable bonds is 2. The third-order valence-electron chi connectivity index (χ3n) is 5.56. The molecule has 3 aliphatic rings. The minimum atomic E-state index is -0.678. The number of carbonyl (C=O) groups excluding carboxylic acids is 1. The van der Waals surface area contributed by atoms with Crippen LogP contribution in [0, 0.1) is 5.82 Å². The molecule has 0 aromatic heterocycles. The molecule has 3 N–H and O–H groups in total. The average Bonchev–Trinajstić information content (AvgIpc) is 2.59. The van der Waals surface area contributed by atoms with Gasteiger partial charge in [-0.15, -0.1) is 0 Å². The fraction of sp³-hybridized carbons (Fsp3) is 0.588. The minimum Gasteiger partial charge on any atom is -0.372 e. The van der Waals surface area contributed by atoms with Crippen molar-refractivity contribution < 1.29 is 19.1 Å². The first kappa shape index (κ1) is 16.0. The number of benzene rings is 1. The first-order valence-corrected chi connectivity index (χ1v) is 8.45. The Balaban J connectivity index is 1.52. The van der Waals surface area contributed by atoms with Crippen molar-refractivity contribution >= 4 is 5.91 Å². The summed E-state index contributed by atoms with van der Waals surface area (Å²) in [5, 5.41) is 12.0. The summed E-state index contributed by atoms with van der Waals surface area (Å²) in [6.07, 6.45) is 2.67. The number of hydroxylamine groups is 1. The van der Waals surface area contributed by atoms with Crippen molar-refractivity contribution in [3.05, 3.63) is 34.6 Å². The Bertz CT molecular complexity index is 663. The van der Waals surface area contributed by atoms with Gasteiger partial charge in [0.15, 0.2) is 0 Å². The third kappa shape index (κ3) is 2.71. The van der Waals surface area contributed by atoms with Crippen LogP contribution >= 0.6 is 0 Å². The van der Waals surface area contributed by atoms with E-state index in [-0.39, 0.29) is 17.0 Å². The van der Waals surface area contributed by atoms with Crippen molar-refractivity contribution in [1.82, 2.24) is 15.7 Å². The molecular weight excluding hydrogens is 313 g/mol. The number of halogens is 1. The van der Waals surface area contributed by atoms with Gasteiger partial charge in [-0.1, -0.05) is 0 Å². The number of amides is 1. The van der Waals surface area contributed by atoms with E-state index >= 15 is 0 Å². The predicted molar refractivity (Wildman–Crippen MR) is 84.3 cm³/mol. The van der Waals surface area contributed by atoms with Crippen molar-refractivity contribution in [3.8, 4) is 0 Å². The van der Waals surface area contributed by atoms with Gasteiger partial charge in [0.25, 0.3) is 5.91 Å². The highest BCUT2D eigenvalue weighted by Gasteiger charge is 2.44. The monoisotopic (exact) mass is 335 g/mol. The van der Waals surface area contributed by atoms with Gasteiger partial charge >= 0.3 is 0 Å². The Hall–Kier alpha value is -1.54. The van der Waals surface area contributed by atoms with Gasteiger partial charge in [0.2, 0.25) is 0 Å². The van der Waals surface area contributed by atoms with Crippen LogP contribution in [0.5, 0.6) is 0 Å². The van der Waals surface area contributed by atoms with Gasteiger partial charge in [0.1, 0.15) is 5.82 Å². The second-order valence-electron chi connectivity index (χ2n) is 7.04. The van der Waals surface area contributed by atoms with Gasteiger partial charge in [-0.05, 0) is 37.0 Å². The zero-order valence-corrected chi connectivity index (χ0v) is 13.5. The highest BCUT2D eigenvalue weighted by molar-refractivity contribution is 5.93. The van der Waals surface area contributed by atoms with Crippen molar-refractivity contribution in [2.45, 2.75) is 37.5 Å². The molecule has 3 aliphatic heterocycles. The molecule has 4 rings (SSSR count). The number of ether oxygens (including phenoxy) is 1. The number of nitrogens with zero attached hydrogens (tertiary/aromatic N) is 1. The minimum absolute atomic E-state index is 0.0230. The molecule has 1 aromatic rings. The molecule has 0 aliphatic carbocycles. The van der Waals surface area contributed by atoms with E-state index in [2.05, 4.69) is 10.2 Å². The lowest BCUT2D eigenvalue weighted by atomic mass is 9.84. The van der Waals surface area contributed by atoms with Crippen molar-refractivity contribution in [2.24, 2.45) is 0 Å². The lowest BCUT2D eigenvalue weighted by molar-refractivity contribution is -0.134. The molecule has 0 saturated carbocycles. The van der Waals surface area contributed by atoms with Crippen LogP contribution in [0.15, 0.2) is 12.1 Å². The summed E-state index contributed by atoms with van der Waals surface area (Å²) in [6.45, 7) is 3.98. The van der Waals surface area contributed by atoms with Crippen molar-refractivity contribution in [1.29, 1.82) is 0 Å². The zero-order chi connectivity index (χ0) is 16.7. The fourth-order valence-corrected chi connectivity index (χ4v) is 4.11. The lowest BCUT2D eigenvalue weighted by Crippen LogP contribution is -2.65. The summed E-state index contributed by atoms with van der Waals surface area (Å²) >= 11 is 0. The molecule has 1 aromatic carbocycles. The Morgan fingerprint density at radius 1 is 1.46 bits per heavy atom. The van der Waals surface area contributed by atoms with Crippen molar-refractivity contribution in [2.75, 3.05) is 26.2 Å². The van der Waals surface area contributed by atoms with Crippen LogP contribution in [-0.4, -0.2) is 53.9 Å². The SMILES string of the molecule is O=C(NO)c1cc(F)c2c(c1)CCN([C@@H]1CCOC3(CNC3)C1)C2. The van der Waals surface area contributed by atoms with E-state index in [1.54, 1.807) is 11.5 Å². The zero-order valence-electron chi connectivity index (χ0n) is 13.5. The van der Waals surface area contributed by atoms with Crippen LogP contribution in [-0.2, 0) is 17.7 Å². The Morgan fingerprint density at radius 2 is 2.29 bits per heavy atom. The molecule has 0 radical (unpaired) electrons. The summed E-state index contributed by atoms with van der Waals surface area (Å²) in [5.41, 5.74) is 3.23. The fourth-order valence-electron chi connectivity index (χ4n) is 4.11. The van der Waals surface area contributed by atoms with Crippen LogP contribution in [0.4, 0.5) is 4.39 Å². The molecule has 0 unspecified atom stereocenters. The van der Waals surface area contributed by atoms with Crippen LogP contribution < -0.4 is 10.8 Å². The molecule has 24 heavy (non-hydrogen) atoms. The second-order valence-corrected chi connectivity index (χ2v) is 7.04. The van der Waals surface area contributed by atoms with Gasteiger partial charge in [-0.3, -0.25) is 14.9 Å². The van der Waals surface area contributed by atoms with Crippen LogP contribution in [0.3, 0.4) is 0 Å². The number of hydrogen-bond acceptors (Lipinski definition) is 5. The maximum atomic E-state index is 14.5.